The van der Waals surface area contributed by atoms with Crippen molar-refractivity contribution in [2.24, 2.45) is 5.92 Å². The van der Waals surface area contributed by atoms with Crippen molar-refractivity contribution >= 4 is 23.5 Å². The normalized spacial score (nSPS) is 19.6. The van der Waals surface area contributed by atoms with E-state index in [9.17, 15) is 4.79 Å². The number of thioether (sulfide) groups is 1. The molecule has 1 aromatic heterocycles. The van der Waals surface area contributed by atoms with Crippen molar-refractivity contribution in [3.63, 3.8) is 0 Å². The molecular formula is C11H15N3OS. The van der Waals surface area contributed by atoms with E-state index >= 15 is 0 Å². The second-order valence-corrected chi connectivity index (χ2v) is 5.06. The predicted octanol–water partition coefficient (Wildman–Crippen LogP) is 1.15. The van der Waals surface area contributed by atoms with Gasteiger partial charge in [0.05, 0.1) is 5.56 Å². The van der Waals surface area contributed by atoms with Crippen LogP contribution in [0.1, 0.15) is 16.8 Å². The summed E-state index contributed by atoms with van der Waals surface area (Å²) in [6.45, 7) is 0.760. The SMILES string of the molecule is Nc1ccc(C(=O)NCC2CCSC2)cn1. The minimum absolute atomic E-state index is 0.0654. The fourth-order valence-electron chi connectivity index (χ4n) is 1.62. The fourth-order valence-corrected chi connectivity index (χ4v) is 2.91. The lowest BCUT2D eigenvalue weighted by atomic mass is 10.1. The summed E-state index contributed by atoms with van der Waals surface area (Å²) in [5.41, 5.74) is 6.02. The van der Waals surface area contributed by atoms with Gasteiger partial charge in [0, 0.05) is 12.7 Å². The Labute approximate surface area is 99.0 Å². The molecule has 0 saturated carbocycles. The van der Waals surface area contributed by atoms with E-state index in [-0.39, 0.29) is 5.91 Å². The van der Waals surface area contributed by atoms with Gasteiger partial charge in [-0.1, -0.05) is 0 Å². The lowest BCUT2D eigenvalue weighted by Crippen LogP contribution is -2.29. The van der Waals surface area contributed by atoms with Crippen LogP contribution in [0.2, 0.25) is 0 Å². The van der Waals surface area contributed by atoms with Gasteiger partial charge in [-0.2, -0.15) is 11.8 Å². The number of aromatic nitrogens is 1. The number of carbonyl (C=O) groups excluding carboxylic acids is 1. The van der Waals surface area contributed by atoms with Gasteiger partial charge in [-0.3, -0.25) is 4.79 Å². The van der Waals surface area contributed by atoms with Crippen molar-refractivity contribution in [1.29, 1.82) is 0 Å². The van der Waals surface area contributed by atoms with Crippen LogP contribution >= 0.6 is 11.8 Å². The van der Waals surface area contributed by atoms with Crippen LogP contribution in [0.25, 0.3) is 0 Å². The van der Waals surface area contributed by atoms with E-state index < -0.39 is 0 Å². The maximum Gasteiger partial charge on any atom is 0.252 e. The Kier molecular flexibility index (Phi) is 3.66. The number of nitrogens with two attached hydrogens (primary N) is 1. The van der Waals surface area contributed by atoms with Gasteiger partial charge in [-0.15, -0.1) is 0 Å². The number of anilines is 1. The molecule has 1 aromatic rings. The molecule has 1 saturated heterocycles. The van der Waals surface area contributed by atoms with E-state index in [0.717, 1.165) is 12.3 Å². The average Bonchev–Trinajstić information content (AvgIpc) is 2.80. The molecule has 2 heterocycles. The molecule has 86 valence electrons. The van der Waals surface area contributed by atoms with Crippen LogP contribution in [0.3, 0.4) is 0 Å². The molecular weight excluding hydrogens is 222 g/mol. The third kappa shape index (κ3) is 2.88. The van der Waals surface area contributed by atoms with Crippen molar-refractivity contribution in [2.75, 3.05) is 23.8 Å². The molecule has 16 heavy (non-hydrogen) atoms. The summed E-state index contributed by atoms with van der Waals surface area (Å²) in [4.78, 5) is 15.6. The zero-order valence-electron chi connectivity index (χ0n) is 8.98. The summed E-state index contributed by atoms with van der Waals surface area (Å²) in [5, 5.41) is 2.93. The largest absolute Gasteiger partial charge is 0.384 e. The summed E-state index contributed by atoms with van der Waals surface area (Å²) in [7, 11) is 0. The van der Waals surface area contributed by atoms with E-state index in [4.69, 9.17) is 5.73 Å². The van der Waals surface area contributed by atoms with Crippen LogP contribution in [0.15, 0.2) is 18.3 Å². The maximum absolute atomic E-state index is 11.7. The molecule has 3 N–H and O–H groups in total. The molecule has 5 heteroatoms. The second-order valence-electron chi connectivity index (χ2n) is 3.91. The summed E-state index contributed by atoms with van der Waals surface area (Å²) in [6.07, 6.45) is 2.71. The first-order valence-corrected chi connectivity index (χ1v) is 6.48. The lowest BCUT2D eigenvalue weighted by molar-refractivity contribution is 0.0948. The number of rotatable bonds is 3. The quantitative estimate of drug-likeness (QED) is 0.827. The molecule has 0 aliphatic carbocycles. The van der Waals surface area contributed by atoms with Gasteiger partial charge in [-0.25, -0.2) is 4.98 Å². The van der Waals surface area contributed by atoms with Crippen LogP contribution in [0, 0.1) is 5.92 Å². The van der Waals surface area contributed by atoms with Crippen LogP contribution < -0.4 is 11.1 Å². The molecule has 0 spiro atoms. The van der Waals surface area contributed by atoms with Gasteiger partial charge in [0.25, 0.3) is 5.91 Å². The van der Waals surface area contributed by atoms with Crippen LogP contribution in [-0.4, -0.2) is 28.9 Å². The number of pyridine rings is 1. The van der Waals surface area contributed by atoms with E-state index in [2.05, 4.69) is 10.3 Å². The first kappa shape index (κ1) is 11.3. The summed E-state index contributed by atoms with van der Waals surface area (Å²) in [6, 6.07) is 3.33. The predicted molar refractivity (Wildman–Crippen MR) is 66.4 cm³/mol. The number of nitrogens with zero attached hydrogens (tertiary/aromatic N) is 1. The molecule has 4 nitrogen and oxygen atoms in total. The monoisotopic (exact) mass is 237 g/mol. The van der Waals surface area contributed by atoms with Gasteiger partial charge < -0.3 is 11.1 Å². The highest BCUT2D eigenvalue weighted by atomic mass is 32.2. The standard InChI is InChI=1S/C11H15N3OS/c12-10-2-1-9(6-13-10)11(15)14-5-8-3-4-16-7-8/h1-2,6,8H,3-5,7H2,(H2,12,13)(H,14,15). The Hall–Kier alpha value is -1.23. The Morgan fingerprint density at radius 1 is 1.62 bits per heavy atom. The van der Waals surface area contributed by atoms with Crippen molar-refractivity contribution in [1.82, 2.24) is 10.3 Å². The second kappa shape index (κ2) is 5.21. The molecule has 1 aliphatic heterocycles. The highest BCUT2D eigenvalue weighted by molar-refractivity contribution is 7.99. The molecule has 1 aliphatic rings. The molecule has 0 bridgehead atoms. The Balaban J connectivity index is 1.85. The molecule has 1 atom stereocenters. The number of nitrogen functional groups attached to an aromatic ring is 1. The van der Waals surface area contributed by atoms with Gasteiger partial charge in [0.1, 0.15) is 5.82 Å². The van der Waals surface area contributed by atoms with Gasteiger partial charge in [0.2, 0.25) is 0 Å². The third-order valence-corrected chi connectivity index (χ3v) is 3.86. The minimum atomic E-state index is -0.0654. The van der Waals surface area contributed by atoms with Crippen molar-refractivity contribution in [3.8, 4) is 0 Å². The first-order valence-electron chi connectivity index (χ1n) is 5.33. The first-order chi connectivity index (χ1) is 7.75. The van der Waals surface area contributed by atoms with Crippen LogP contribution in [-0.2, 0) is 0 Å². The molecule has 2 rings (SSSR count). The van der Waals surface area contributed by atoms with Crippen molar-refractivity contribution in [2.45, 2.75) is 6.42 Å². The number of hydrogen-bond acceptors (Lipinski definition) is 4. The number of hydrogen-bond donors (Lipinski definition) is 2. The topological polar surface area (TPSA) is 68.0 Å². The van der Waals surface area contributed by atoms with E-state index in [0.29, 0.717) is 17.3 Å². The maximum atomic E-state index is 11.7. The van der Waals surface area contributed by atoms with Crippen LogP contribution in [0.4, 0.5) is 5.82 Å². The van der Waals surface area contributed by atoms with E-state index in [1.54, 1.807) is 12.1 Å². The van der Waals surface area contributed by atoms with Crippen molar-refractivity contribution in [3.05, 3.63) is 23.9 Å². The lowest BCUT2D eigenvalue weighted by Gasteiger charge is -2.09. The summed E-state index contributed by atoms with van der Waals surface area (Å²) in [5.74, 6) is 3.35. The molecule has 1 amide bonds. The van der Waals surface area contributed by atoms with Gasteiger partial charge in [0.15, 0.2) is 0 Å². The smallest absolute Gasteiger partial charge is 0.252 e. The fraction of sp³-hybridized carbons (Fsp3) is 0.455. The molecule has 1 fully saturated rings. The summed E-state index contributed by atoms with van der Waals surface area (Å²) < 4.78 is 0. The van der Waals surface area contributed by atoms with Crippen molar-refractivity contribution < 1.29 is 4.79 Å². The third-order valence-electron chi connectivity index (χ3n) is 2.62. The Morgan fingerprint density at radius 3 is 3.12 bits per heavy atom. The van der Waals surface area contributed by atoms with Gasteiger partial charge in [-0.05, 0) is 36.0 Å². The zero-order valence-corrected chi connectivity index (χ0v) is 9.80. The highest BCUT2D eigenvalue weighted by Gasteiger charge is 2.16. The molecule has 0 aromatic carbocycles. The minimum Gasteiger partial charge on any atom is -0.384 e. The number of amides is 1. The highest BCUT2D eigenvalue weighted by Crippen LogP contribution is 2.22. The summed E-state index contributed by atoms with van der Waals surface area (Å²) >= 11 is 1.95. The molecule has 1 unspecified atom stereocenters. The van der Waals surface area contributed by atoms with E-state index in [1.807, 2.05) is 11.8 Å². The van der Waals surface area contributed by atoms with Gasteiger partial charge >= 0.3 is 0 Å². The number of carbonyl (C=O) groups is 1. The Morgan fingerprint density at radius 2 is 2.50 bits per heavy atom. The van der Waals surface area contributed by atoms with Crippen LogP contribution in [0.5, 0.6) is 0 Å². The van der Waals surface area contributed by atoms with E-state index in [1.165, 1.54) is 18.4 Å². The number of nitrogens with one attached hydrogen (secondary N) is 1. The Bertz CT molecular complexity index is 360. The zero-order chi connectivity index (χ0) is 11.4. The average molecular weight is 237 g/mol. The molecule has 0 radical (unpaired) electrons.